The van der Waals surface area contributed by atoms with E-state index in [0.717, 1.165) is 10.2 Å². The molecule has 0 fully saturated rings. The van der Waals surface area contributed by atoms with Crippen molar-refractivity contribution in [2.24, 2.45) is 0 Å². The maximum atomic E-state index is 11.8. The molecule has 0 spiro atoms. The number of nitrogens with zero attached hydrogens (tertiary/aromatic N) is 2. The molecule has 0 unspecified atom stereocenters. The minimum absolute atomic E-state index is 0.162. The lowest BCUT2D eigenvalue weighted by Crippen LogP contribution is -2.20. The van der Waals surface area contributed by atoms with Crippen LogP contribution in [0, 0.1) is 0 Å². The van der Waals surface area contributed by atoms with Crippen LogP contribution in [-0.4, -0.2) is 16.8 Å². The van der Waals surface area contributed by atoms with Crippen LogP contribution < -0.4 is 10.9 Å². The van der Waals surface area contributed by atoms with Gasteiger partial charge in [0.25, 0.3) is 5.56 Å². The van der Waals surface area contributed by atoms with Crippen molar-refractivity contribution in [2.45, 2.75) is 0 Å². The second-order valence-corrected chi connectivity index (χ2v) is 4.14. The van der Waals surface area contributed by atoms with Gasteiger partial charge in [-0.3, -0.25) is 4.79 Å². The summed E-state index contributed by atoms with van der Waals surface area (Å²) in [5.41, 5.74) is 1.28. The zero-order valence-electron chi connectivity index (χ0n) is 8.64. The minimum Gasteiger partial charge on any atom is -0.387 e. The highest BCUT2D eigenvalue weighted by molar-refractivity contribution is 9.10. The van der Waals surface area contributed by atoms with Gasteiger partial charge in [0.1, 0.15) is 0 Å². The van der Waals surface area contributed by atoms with Crippen molar-refractivity contribution in [3.63, 3.8) is 0 Å². The minimum atomic E-state index is -0.162. The fourth-order valence-electron chi connectivity index (χ4n) is 1.35. The van der Waals surface area contributed by atoms with Gasteiger partial charge in [0.15, 0.2) is 0 Å². The Morgan fingerprint density at radius 2 is 2.19 bits per heavy atom. The highest BCUT2D eigenvalue weighted by Crippen LogP contribution is 2.13. The van der Waals surface area contributed by atoms with Crippen LogP contribution in [0.5, 0.6) is 0 Å². The molecule has 82 valence electrons. The Labute approximate surface area is 101 Å². The van der Waals surface area contributed by atoms with Gasteiger partial charge in [-0.15, -0.1) is 0 Å². The number of halogens is 1. The van der Waals surface area contributed by atoms with Gasteiger partial charge in [-0.1, -0.05) is 22.0 Å². The first-order valence-corrected chi connectivity index (χ1v) is 5.53. The van der Waals surface area contributed by atoms with E-state index in [-0.39, 0.29) is 5.56 Å². The highest BCUT2D eigenvalue weighted by Gasteiger charge is 2.02. The topological polar surface area (TPSA) is 46.9 Å². The Kier molecular flexibility index (Phi) is 3.05. The molecule has 5 heteroatoms. The number of aromatic nitrogens is 2. The molecule has 0 aliphatic heterocycles. The van der Waals surface area contributed by atoms with Crippen LogP contribution >= 0.6 is 15.9 Å². The van der Waals surface area contributed by atoms with Gasteiger partial charge in [-0.05, 0) is 18.2 Å². The van der Waals surface area contributed by atoms with E-state index in [2.05, 4.69) is 26.3 Å². The summed E-state index contributed by atoms with van der Waals surface area (Å²) in [6.07, 6.45) is 1.61. The summed E-state index contributed by atoms with van der Waals surface area (Å²) in [5, 5.41) is 6.95. The highest BCUT2D eigenvalue weighted by atomic mass is 79.9. The average Bonchev–Trinajstić information content (AvgIpc) is 2.28. The Hall–Kier alpha value is -1.62. The molecule has 0 atom stereocenters. The van der Waals surface area contributed by atoms with Crippen molar-refractivity contribution in [3.05, 3.63) is 51.4 Å². The second-order valence-electron chi connectivity index (χ2n) is 3.22. The quantitative estimate of drug-likeness (QED) is 0.915. The van der Waals surface area contributed by atoms with Crippen molar-refractivity contribution >= 4 is 21.6 Å². The summed E-state index contributed by atoms with van der Waals surface area (Å²) in [6, 6.07) is 8.94. The van der Waals surface area contributed by atoms with Crippen LogP contribution in [0.3, 0.4) is 0 Å². The van der Waals surface area contributed by atoms with Crippen molar-refractivity contribution in [3.8, 4) is 5.69 Å². The SMILES string of the molecule is CNc1cnn(-c2cccc(Br)c2)c(=O)c1. The van der Waals surface area contributed by atoms with E-state index in [1.165, 1.54) is 10.7 Å². The maximum Gasteiger partial charge on any atom is 0.273 e. The molecule has 1 heterocycles. The molecule has 2 rings (SSSR count). The fraction of sp³-hybridized carbons (Fsp3) is 0.0909. The van der Waals surface area contributed by atoms with E-state index in [1.54, 1.807) is 13.2 Å². The number of hydrogen-bond acceptors (Lipinski definition) is 3. The van der Waals surface area contributed by atoms with Crippen LogP contribution in [0.2, 0.25) is 0 Å². The number of rotatable bonds is 2. The summed E-state index contributed by atoms with van der Waals surface area (Å²) in [4.78, 5) is 11.8. The van der Waals surface area contributed by atoms with Crippen molar-refractivity contribution < 1.29 is 0 Å². The van der Waals surface area contributed by atoms with E-state index in [4.69, 9.17) is 0 Å². The number of anilines is 1. The maximum absolute atomic E-state index is 11.8. The Morgan fingerprint density at radius 1 is 1.38 bits per heavy atom. The standard InChI is InChI=1S/C11H10BrN3O/c1-13-9-6-11(16)15(14-7-9)10-4-2-3-8(12)5-10/h2-7,13H,1H3. The van der Waals surface area contributed by atoms with Gasteiger partial charge in [0.2, 0.25) is 0 Å². The summed E-state index contributed by atoms with van der Waals surface area (Å²) in [7, 11) is 1.75. The third-order valence-corrected chi connectivity index (χ3v) is 2.63. The van der Waals surface area contributed by atoms with Gasteiger partial charge < -0.3 is 5.32 Å². The molecule has 1 aromatic heterocycles. The normalized spacial score (nSPS) is 10.1. The molecule has 4 nitrogen and oxygen atoms in total. The van der Waals surface area contributed by atoms with Crippen molar-refractivity contribution in [2.75, 3.05) is 12.4 Å². The van der Waals surface area contributed by atoms with Gasteiger partial charge in [0.05, 0.1) is 17.6 Å². The van der Waals surface area contributed by atoms with Gasteiger partial charge in [0, 0.05) is 17.6 Å². The molecule has 16 heavy (non-hydrogen) atoms. The number of benzene rings is 1. The van der Waals surface area contributed by atoms with E-state index in [1.807, 2.05) is 24.3 Å². The molecule has 2 aromatic rings. The lowest BCUT2D eigenvalue weighted by Gasteiger charge is -2.05. The summed E-state index contributed by atoms with van der Waals surface area (Å²) in [5.74, 6) is 0. The average molecular weight is 280 g/mol. The summed E-state index contributed by atoms with van der Waals surface area (Å²) < 4.78 is 2.27. The number of hydrogen-bond donors (Lipinski definition) is 1. The smallest absolute Gasteiger partial charge is 0.273 e. The van der Waals surface area contributed by atoms with Gasteiger partial charge >= 0.3 is 0 Å². The fourth-order valence-corrected chi connectivity index (χ4v) is 1.73. The lowest BCUT2D eigenvalue weighted by atomic mass is 10.3. The molecular weight excluding hydrogens is 270 g/mol. The van der Waals surface area contributed by atoms with Crippen molar-refractivity contribution in [1.82, 2.24) is 9.78 Å². The summed E-state index contributed by atoms with van der Waals surface area (Å²) in [6.45, 7) is 0. The second kappa shape index (κ2) is 4.49. The van der Waals surface area contributed by atoms with E-state index >= 15 is 0 Å². The first kappa shape index (κ1) is 10.9. The molecule has 0 aliphatic rings. The molecular formula is C11H10BrN3O. The van der Waals surface area contributed by atoms with Gasteiger partial charge in [-0.2, -0.15) is 9.78 Å². The first-order chi connectivity index (χ1) is 7.70. The van der Waals surface area contributed by atoms with E-state index in [0.29, 0.717) is 5.69 Å². The van der Waals surface area contributed by atoms with Gasteiger partial charge in [-0.25, -0.2) is 0 Å². The third-order valence-electron chi connectivity index (χ3n) is 2.14. The van der Waals surface area contributed by atoms with Crippen LogP contribution in [0.15, 0.2) is 45.8 Å². The molecule has 0 bridgehead atoms. The Balaban J connectivity index is 2.53. The zero-order chi connectivity index (χ0) is 11.5. The number of nitrogens with one attached hydrogen (secondary N) is 1. The summed E-state index contributed by atoms with van der Waals surface area (Å²) >= 11 is 3.36. The molecule has 1 aromatic carbocycles. The van der Waals surface area contributed by atoms with Crippen LogP contribution in [0.25, 0.3) is 5.69 Å². The van der Waals surface area contributed by atoms with E-state index in [9.17, 15) is 4.79 Å². The molecule has 0 radical (unpaired) electrons. The largest absolute Gasteiger partial charge is 0.387 e. The predicted molar refractivity (Wildman–Crippen MR) is 67.1 cm³/mol. The lowest BCUT2D eigenvalue weighted by molar-refractivity contribution is 0.808. The zero-order valence-corrected chi connectivity index (χ0v) is 10.2. The van der Waals surface area contributed by atoms with Crippen molar-refractivity contribution in [1.29, 1.82) is 0 Å². The molecule has 1 N–H and O–H groups in total. The molecule has 0 saturated heterocycles. The predicted octanol–water partition coefficient (Wildman–Crippen LogP) is 2.04. The molecule has 0 amide bonds. The first-order valence-electron chi connectivity index (χ1n) is 4.74. The van der Waals surface area contributed by atoms with Crippen LogP contribution in [0.1, 0.15) is 0 Å². The molecule has 0 saturated carbocycles. The Bertz CT molecular complexity index is 565. The van der Waals surface area contributed by atoms with Crippen LogP contribution in [-0.2, 0) is 0 Å². The van der Waals surface area contributed by atoms with Crippen LogP contribution in [0.4, 0.5) is 5.69 Å². The Morgan fingerprint density at radius 3 is 2.81 bits per heavy atom. The monoisotopic (exact) mass is 279 g/mol. The van der Waals surface area contributed by atoms with E-state index < -0.39 is 0 Å². The third kappa shape index (κ3) is 2.14. The molecule has 0 aliphatic carbocycles.